The SMILES string of the molecule is C#CCNC(C#N)c1cc(Br)ccc1Cl. The summed E-state index contributed by atoms with van der Waals surface area (Å²) < 4.78 is 0.879. The van der Waals surface area contributed by atoms with E-state index in [1.807, 2.05) is 6.07 Å². The van der Waals surface area contributed by atoms with Gasteiger partial charge in [-0.05, 0) is 18.2 Å². The molecule has 0 heterocycles. The summed E-state index contributed by atoms with van der Waals surface area (Å²) in [5, 5.41) is 12.4. The van der Waals surface area contributed by atoms with Gasteiger partial charge < -0.3 is 0 Å². The van der Waals surface area contributed by atoms with Gasteiger partial charge in [-0.15, -0.1) is 6.42 Å². The van der Waals surface area contributed by atoms with Crippen LogP contribution in [0.2, 0.25) is 5.02 Å². The van der Waals surface area contributed by atoms with Crippen molar-refractivity contribution in [2.45, 2.75) is 6.04 Å². The van der Waals surface area contributed by atoms with Crippen molar-refractivity contribution in [3.63, 3.8) is 0 Å². The maximum Gasteiger partial charge on any atom is 0.123 e. The van der Waals surface area contributed by atoms with Crippen LogP contribution in [0.5, 0.6) is 0 Å². The largest absolute Gasteiger partial charge is 0.287 e. The third kappa shape index (κ3) is 3.25. The van der Waals surface area contributed by atoms with Gasteiger partial charge in [0.1, 0.15) is 6.04 Å². The van der Waals surface area contributed by atoms with Crippen LogP contribution in [0.3, 0.4) is 0 Å². The Kier molecular flexibility index (Phi) is 4.65. The zero-order valence-corrected chi connectivity index (χ0v) is 10.1. The van der Waals surface area contributed by atoms with Gasteiger partial charge in [0, 0.05) is 15.1 Å². The van der Waals surface area contributed by atoms with Crippen LogP contribution in [0.15, 0.2) is 22.7 Å². The number of nitriles is 1. The molecule has 2 nitrogen and oxygen atoms in total. The van der Waals surface area contributed by atoms with Gasteiger partial charge in [0.25, 0.3) is 0 Å². The van der Waals surface area contributed by atoms with Gasteiger partial charge in [-0.3, -0.25) is 5.32 Å². The molecule has 0 radical (unpaired) electrons. The fraction of sp³-hybridized carbons (Fsp3) is 0.182. The van der Waals surface area contributed by atoms with Gasteiger partial charge in [-0.2, -0.15) is 5.26 Å². The molecule has 0 aliphatic carbocycles. The number of halogens is 2. The fourth-order valence-corrected chi connectivity index (χ4v) is 1.73. The molecular formula is C11H8BrClN2. The number of hydrogen-bond acceptors (Lipinski definition) is 2. The zero-order valence-electron chi connectivity index (χ0n) is 7.80. The number of benzene rings is 1. The van der Waals surface area contributed by atoms with Crippen molar-refractivity contribution in [1.29, 1.82) is 5.26 Å². The fourth-order valence-electron chi connectivity index (χ4n) is 1.12. The van der Waals surface area contributed by atoms with E-state index in [1.165, 1.54) is 0 Å². The molecule has 76 valence electrons. The molecular weight excluding hydrogens is 275 g/mol. The van der Waals surface area contributed by atoms with E-state index in [-0.39, 0.29) is 0 Å². The van der Waals surface area contributed by atoms with E-state index in [4.69, 9.17) is 23.3 Å². The van der Waals surface area contributed by atoms with Crippen LogP contribution in [0.4, 0.5) is 0 Å². The second kappa shape index (κ2) is 5.78. The number of rotatable bonds is 3. The lowest BCUT2D eigenvalue weighted by Crippen LogP contribution is -2.20. The van der Waals surface area contributed by atoms with Crippen LogP contribution in [0.25, 0.3) is 0 Å². The van der Waals surface area contributed by atoms with Crippen LogP contribution in [0.1, 0.15) is 11.6 Å². The van der Waals surface area contributed by atoms with E-state index in [1.54, 1.807) is 12.1 Å². The average molecular weight is 284 g/mol. The lowest BCUT2D eigenvalue weighted by Gasteiger charge is -2.11. The van der Waals surface area contributed by atoms with Gasteiger partial charge in [-0.25, -0.2) is 0 Å². The molecule has 0 aliphatic rings. The Morgan fingerprint density at radius 1 is 1.60 bits per heavy atom. The summed E-state index contributed by atoms with van der Waals surface area (Å²) >= 11 is 9.31. The highest BCUT2D eigenvalue weighted by molar-refractivity contribution is 9.10. The van der Waals surface area contributed by atoms with Crippen molar-refractivity contribution < 1.29 is 0 Å². The Balaban J connectivity index is 2.97. The highest BCUT2D eigenvalue weighted by Crippen LogP contribution is 2.26. The molecule has 0 aliphatic heterocycles. The van der Waals surface area contributed by atoms with Gasteiger partial charge >= 0.3 is 0 Å². The van der Waals surface area contributed by atoms with E-state index in [2.05, 4.69) is 33.2 Å². The quantitative estimate of drug-likeness (QED) is 0.866. The molecule has 1 aromatic carbocycles. The Bertz CT molecular complexity index is 431. The van der Waals surface area contributed by atoms with E-state index < -0.39 is 6.04 Å². The predicted molar refractivity (Wildman–Crippen MR) is 64.3 cm³/mol. The van der Waals surface area contributed by atoms with Crippen molar-refractivity contribution in [3.05, 3.63) is 33.3 Å². The minimum Gasteiger partial charge on any atom is -0.287 e. The highest BCUT2D eigenvalue weighted by atomic mass is 79.9. The predicted octanol–water partition coefficient (Wildman–Crippen LogP) is 2.89. The Labute approximate surface area is 102 Å². The van der Waals surface area contributed by atoms with Gasteiger partial charge in [0.15, 0.2) is 0 Å². The molecule has 0 spiro atoms. The van der Waals surface area contributed by atoms with Crippen molar-refractivity contribution >= 4 is 27.5 Å². The molecule has 1 atom stereocenters. The summed E-state index contributed by atoms with van der Waals surface area (Å²) in [6.45, 7) is 0.334. The molecule has 1 unspecified atom stereocenters. The molecule has 1 rings (SSSR count). The molecule has 0 saturated heterocycles. The van der Waals surface area contributed by atoms with Crippen molar-refractivity contribution in [3.8, 4) is 18.4 Å². The van der Waals surface area contributed by atoms with E-state index in [0.29, 0.717) is 11.6 Å². The van der Waals surface area contributed by atoms with Crippen LogP contribution in [0, 0.1) is 23.7 Å². The van der Waals surface area contributed by atoms with Crippen LogP contribution in [-0.4, -0.2) is 6.54 Å². The second-order valence-corrected chi connectivity index (χ2v) is 4.14. The Morgan fingerprint density at radius 3 is 2.93 bits per heavy atom. The lowest BCUT2D eigenvalue weighted by molar-refractivity contribution is 0.690. The minimum absolute atomic E-state index is 0.334. The number of nitrogens with zero attached hydrogens (tertiary/aromatic N) is 1. The highest BCUT2D eigenvalue weighted by Gasteiger charge is 2.13. The first-order valence-electron chi connectivity index (χ1n) is 4.20. The van der Waals surface area contributed by atoms with E-state index >= 15 is 0 Å². The van der Waals surface area contributed by atoms with Gasteiger partial charge in [-0.1, -0.05) is 33.5 Å². The van der Waals surface area contributed by atoms with E-state index in [9.17, 15) is 0 Å². The molecule has 1 N–H and O–H groups in total. The normalized spacial score (nSPS) is 11.5. The monoisotopic (exact) mass is 282 g/mol. The maximum atomic E-state index is 8.97. The first kappa shape index (κ1) is 12.1. The third-order valence-electron chi connectivity index (χ3n) is 1.81. The molecule has 0 fully saturated rings. The molecule has 15 heavy (non-hydrogen) atoms. The van der Waals surface area contributed by atoms with Crippen molar-refractivity contribution in [2.75, 3.05) is 6.54 Å². The van der Waals surface area contributed by atoms with Crippen LogP contribution in [-0.2, 0) is 0 Å². The topological polar surface area (TPSA) is 35.8 Å². The first-order valence-corrected chi connectivity index (χ1v) is 5.37. The summed E-state index contributed by atoms with van der Waals surface area (Å²) in [7, 11) is 0. The molecule has 1 aromatic rings. The first-order chi connectivity index (χ1) is 7.19. The number of nitrogens with one attached hydrogen (secondary N) is 1. The standard InChI is InChI=1S/C11H8BrClN2/c1-2-5-15-11(7-14)9-6-8(12)3-4-10(9)13/h1,3-4,6,11,15H,5H2. The summed E-state index contributed by atoms with van der Waals surface area (Å²) in [5.74, 6) is 2.42. The molecule has 0 saturated carbocycles. The van der Waals surface area contributed by atoms with Crippen LogP contribution < -0.4 is 5.32 Å². The lowest BCUT2D eigenvalue weighted by atomic mass is 10.1. The van der Waals surface area contributed by atoms with E-state index in [0.717, 1.165) is 10.0 Å². The van der Waals surface area contributed by atoms with Gasteiger partial charge in [0.2, 0.25) is 0 Å². The molecule has 0 amide bonds. The molecule has 0 bridgehead atoms. The van der Waals surface area contributed by atoms with Crippen molar-refractivity contribution in [2.24, 2.45) is 0 Å². The summed E-state index contributed by atoms with van der Waals surface area (Å²) in [4.78, 5) is 0. The third-order valence-corrected chi connectivity index (χ3v) is 2.64. The average Bonchev–Trinajstić information content (AvgIpc) is 2.24. The summed E-state index contributed by atoms with van der Waals surface area (Å²) in [5.41, 5.74) is 0.726. The van der Waals surface area contributed by atoms with Crippen LogP contribution >= 0.6 is 27.5 Å². The number of terminal acetylenes is 1. The Hall–Kier alpha value is -1.000. The maximum absolute atomic E-state index is 8.97. The summed E-state index contributed by atoms with van der Waals surface area (Å²) in [6.07, 6.45) is 5.11. The zero-order chi connectivity index (χ0) is 11.3. The molecule has 0 aromatic heterocycles. The smallest absolute Gasteiger partial charge is 0.123 e. The minimum atomic E-state index is -0.481. The second-order valence-electron chi connectivity index (χ2n) is 2.81. The summed E-state index contributed by atoms with van der Waals surface area (Å²) in [6, 6.07) is 6.99. The van der Waals surface area contributed by atoms with Gasteiger partial charge in [0.05, 0.1) is 12.6 Å². The molecule has 4 heteroatoms. The van der Waals surface area contributed by atoms with Crippen molar-refractivity contribution in [1.82, 2.24) is 5.32 Å². The number of hydrogen-bond donors (Lipinski definition) is 1. The Morgan fingerprint density at radius 2 is 2.33 bits per heavy atom.